The highest BCUT2D eigenvalue weighted by Crippen LogP contribution is 2.27. The molecule has 0 spiro atoms. The molecule has 214 valence electrons. The molecule has 3 rings (SSSR count). The molecule has 1 unspecified atom stereocenters. The molecule has 1 N–H and O–H groups in total. The highest BCUT2D eigenvalue weighted by Gasteiger charge is 2.32. The Hall–Kier alpha value is -3.56. The first kappa shape index (κ1) is 31.0. The Bertz CT molecular complexity index is 1360. The molecule has 10 heteroatoms. The number of halogens is 1. The minimum Gasteiger partial charge on any atom is -0.494 e. The van der Waals surface area contributed by atoms with Crippen LogP contribution in [0.5, 0.6) is 5.75 Å². The van der Waals surface area contributed by atoms with Gasteiger partial charge in [0.25, 0.3) is 10.0 Å². The Labute approximate surface area is 241 Å². The van der Waals surface area contributed by atoms with E-state index >= 15 is 0 Å². The van der Waals surface area contributed by atoms with Crippen molar-refractivity contribution in [2.45, 2.75) is 51.1 Å². The fraction of sp³-hybridized carbons (Fsp3) is 0.333. The van der Waals surface area contributed by atoms with Gasteiger partial charge in [0.15, 0.2) is 0 Å². The molecule has 0 aliphatic rings. The number of nitrogens with one attached hydrogen (secondary N) is 1. The quantitative estimate of drug-likeness (QED) is 0.307. The standard InChI is InChI=1S/C30H36ClN3O5S/c1-5-39-27-15-13-26(14-16-27)34(40(37,38)28-17-11-25(31)12-18-28)21-29(35)33(23(4)30(36)32-22(2)3)20-19-24-9-7-6-8-10-24/h6-18,22-23H,5,19-21H2,1-4H3,(H,32,36). The summed E-state index contributed by atoms with van der Waals surface area (Å²) in [6, 6.07) is 20.9. The SMILES string of the molecule is CCOc1ccc(N(CC(=O)N(CCc2ccccc2)C(C)C(=O)NC(C)C)S(=O)(=O)c2ccc(Cl)cc2)cc1. The summed E-state index contributed by atoms with van der Waals surface area (Å²) in [4.78, 5) is 28.2. The molecule has 3 aromatic rings. The van der Waals surface area contributed by atoms with Crippen LogP contribution in [0, 0.1) is 0 Å². The van der Waals surface area contributed by atoms with Crippen molar-refractivity contribution in [3.05, 3.63) is 89.4 Å². The second-order valence-corrected chi connectivity index (χ2v) is 11.9. The lowest BCUT2D eigenvalue weighted by Gasteiger charge is -2.32. The van der Waals surface area contributed by atoms with Crippen molar-refractivity contribution in [3.63, 3.8) is 0 Å². The largest absolute Gasteiger partial charge is 0.494 e. The monoisotopic (exact) mass is 585 g/mol. The van der Waals surface area contributed by atoms with E-state index < -0.39 is 28.5 Å². The van der Waals surface area contributed by atoms with Gasteiger partial charge >= 0.3 is 0 Å². The van der Waals surface area contributed by atoms with Gasteiger partial charge in [0.2, 0.25) is 11.8 Å². The fourth-order valence-electron chi connectivity index (χ4n) is 4.11. The Morgan fingerprint density at radius 1 is 0.925 bits per heavy atom. The Morgan fingerprint density at radius 3 is 2.12 bits per heavy atom. The summed E-state index contributed by atoms with van der Waals surface area (Å²) in [5, 5.41) is 3.24. The molecule has 1 atom stereocenters. The van der Waals surface area contributed by atoms with Crippen LogP contribution in [0.25, 0.3) is 0 Å². The minimum atomic E-state index is -4.17. The lowest BCUT2D eigenvalue weighted by molar-refractivity contribution is -0.139. The summed E-state index contributed by atoms with van der Waals surface area (Å²) >= 11 is 6.00. The number of ether oxygens (including phenoxy) is 1. The normalized spacial score (nSPS) is 12.1. The summed E-state index contributed by atoms with van der Waals surface area (Å²) in [6.07, 6.45) is 0.499. The highest BCUT2D eigenvalue weighted by molar-refractivity contribution is 7.92. The maximum absolute atomic E-state index is 13.9. The minimum absolute atomic E-state index is 0.0139. The van der Waals surface area contributed by atoms with Crippen molar-refractivity contribution < 1.29 is 22.7 Å². The van der Waals surface area contributed by atoms with E-state index in [0.717, 1.165) is 9.87 Å². The maximum atomic E-state index is 13.9. The number of hydrogen-bond acceptors (Lipinski definition) is 5. The van der Waals surface area contributed by atoms with Crippen LogP contribution in [0.15, 0.2) is 83.8 Å². The van der Waals surface area contributed by atoms with Crippen LogP contribution in [0.1, 0.15) is 33.3 Å². The van der Waals surface area contributed by atoms with Gasteiger partial charge < -0.3 is 15.0 Å². The molecule has 0 aromatic heterocycles. The van der Waals surface area contributed by atoms with Crippen LogP contribution < -0.4 is 14.4 Å². The predicted molar refractivity (Wildman–Crippen MR) is 158 cm³/mol. The topological polar surface area (TPSA) is 96.0 Å². The molecular weight excluding hydrogens is 550 g/mol. The molecule has 0 fully saturated rings. The molecular formula is C30H36ClN3O5S. The van der Waals surface area contributed by atoms with E-state index in [-0.39, 0.29) is 29.1 Å². The number of amides is 2. The number of rotatable bonds is 13. The Morgan fingerprint density at radius 2 is 1.55 bits per heavy atom. The molecule has 40 heavy (non-hydrogen) atoms. The van der Waals surface area contributed by atoms with Crippen molar-refractivity contribution in [1.82, 2.24) is 10.2 Å². The van der Waals surface area contributed by atoms with Gasteiger partial charge in [-0.1, -0.05) is 41.9 Å². The second-order valence-electron chi connectivity index (χ2n) is 9.55. The van der Waals surface area contributed by atoms with Crippen molar-refractivity contribution >= 4 is 39.1 Å². The zero-order valence-corrected chi connectivity index (χ0v) is 24.8. The van der Waals surface area contributed by atoms with E-state index in [2.05, 4.69) is 5.32 Å². The van der Waals surface area contributed by atoms with Crippen LogP contribution in [0.2, 0.25) is 5.02 Å². The average Bonchev–Trinajstić information content (AvgIpc) is 2.93. The van der Waals surface area contributed by atoms with Gasteiger partial charge in [-0.2, -0.15) is 0 Å². The molecule has 0 aliphatic heterocycles. The van der Waals surface area contributed by atoms with Crippen LogP contribution in [-0.2, 0) is 26.0 Å². The molecule has 3 aromatic carbocycles. The van der Waals surface area contributed by atoms with Gasteiger partial charge in [-0.15, -0.1) is 0 Å². The lowest BCUT2D eigenvalue weighted by atomic mass is 10.1. The van der Waals surface area contributed by atoms with Crippen molar-refractivity contribution in [1.29, 1.82) is 0 Å². The van der Waals surface area contributed by atoms with Crippen LogP contribution in [0.3, 0.4) is 0 Å². The van der Waals surface area contributed by atoms with Gasteiger partial charge in [-0.05, 0) is 88.2 Å². The number of benzene rings is 3. The summed E-state index contributed by atoms with van der Waals surface area (Å²) in [6.45, 7) is 7.36. The van der Waals surface area contributed by atoms with Gasteiger partial charge in [-0.3, -0.25) is 13.9 Å². The van der Waals surface area contributed by atoms with Gasteiger partial charge in [0.05, 0.1) is 17.2 Å². The molecule has 0 aliphatic carbocycles. The lowest BCUT2D eigenvalue weighted by Crippen LogP contribution is -2.53. The number of carbonyl (C=O) groups is 2. The Balaban J connectivity index is 1.98. The summed E-state index contributed by atoms with van der Waals surface area (Å²) in [5.41, 5.74) is 1.28. The van der Waals surface area contributed by atoms with E-state index in [9.17, 15) is 18.0 Å². The fourth-order valence-corrected chi connectivity index (χ4v) is 5.65. The van der Waals surface area contributed by atoms with Crippen LogP contribution in [-0.4, -0.2) is 56.9 Å². The first-order valence-corrected chi connectivity index (χ1v) is 15.0. The van der Waals surface area contributed by atoms with Crippen molar-refractivity contribution in [3.8, 4) is 5.75 Å². The number of sulfonamides is 1. The third kappa shape index (κ3) is 8.22. The molecule has 0 saturated heterocycles. The van der Waals surface area contributed by atoms with Gasteiger partial charge in [0.1, 0.15) is 18.3 Å². The third-order valence-corrected chi connectivity index (χ3v) is 8.24. The van der Waals surface area contributed by atoms with Crippen LogP contribution >= 0.6 is 11.6 Å². The predicted octanol–water partition coefficient (Wildman–Crippen LogP) is 4.92. The van der Waals surface area contributed by atoms with Crippen molar-refractivity contribution in [2.75, 3.05) is 24.0 Å². The first-order chi connectivity index (χ1) is 19.0. The molecule has 0 radical (unpaired) electrons. The molecule has 0 bridgehead atoms. The molecule has 2 amide bonds. The van der Waals surface area contributed by atoms with Crippen molar-refractivity contribution in [2.24, 2.45) is 0 Å². The summed E-state index contributed by atoms with van der Waals surface area (Å²) in [7, 11) is -4.17. The van der Waals surface area contributed by atoms with Gasteiger partial charge in [-0.25, -0.2) is 8.42 Å². The van der Waals surface area contributed by atoms with Crippen LogP contribution in [0.4, 0.5) is 5.69 Å². The zero-order valence-electron chi connectivity index (χ0n) is 23.2. The zero-order chi connectivity index (χ0) is 29.3. The maximum Gasteiger partial charge on any atom is 0.264 e. The van der Waals surface area contributed by atoms with E-state index in [4.69, 9.17) is 16.3 Å². The first-order valence-electron chi connectivity index (χ1n) is 13.2. The number of nitrogens with zero attached hydrogens (tertiary/aromatic N) is 2. The number of carbonyl (C=O) groups excluding carboxylic acids is 2. The van der Waals surface area contributed by atoms with E-state index in [1.807, 2.05) is 51.1 Å². The highest BCUT2D eigenvalue weighted by atomic mass is 35.5. The summed E-state index contributed by atoms with van der Waals surface area (Å²) < 4.78 is 34.2. The summed E-state index contributed by atoms with van der Waals surface area (Å²) in [5.74, 6) is -0.247. The molecule has 0 heterocycles. The van der Waals surface area contributed by atoms with E-state index in [1.54, 1.807) is 31.2 Å². The smallest absolute Gasteiger partial charge is 0.264 e. The number of anilines is 1. The second kappa shape index (κ2) is 14.2. The third-order valence-electron chi connectivity index (χ3n) is 6.20. The molecule has 8 nitrogen and oxygen atoms in total. The van der Waals surface area contributed by atoms with E-state index in [1.165, 1.54) is 29.2 Å². The molecule has 0 saturated carbocycles. The number of hydrogen-bond donors (Lipinski definition) is 1. The van der Waals surface area contributed by atoms with Gasteiger partial charge in [0, 0.05) is 17.6 Å². The van der Waals surface area contributed by atoms with E-state index in [0.29, 0.717) is 23.8 Å². The Kier molecular flexibility index (Phi) is 11.0. The average molecular weight is 586 g/mol.